The van der Waals surface area contributed by atoms with E-state index in [1.165, 1.54) is 17.9 Å². The summed E-state index contributed by atoms with van der Waals surface area (Å²) in [7, 11) is -4.49. The van der Waals surface area contributed by atoms with E-state index in [1.54, 1.807) is 0 Å². The van der Waals surface area contributed by atoms with E-state index in [9.17, 15) is 26.4 Å². The Bertz CT molecular complexity index is 707. The van der Waals surface area contributed by atoms with Crippen molar-refractivity contribution in [2.45, 2.75) is 24.0 Å². The summed E-state index contributed by atoms with van der Waals surface area (Å²) >= 11 is 0. The van der Waals surface area contributed by atoms with Gasteiger partial charge in [-0.2, -0.15) is 17.9 Å². The zero-order chi connectivity index (χ0) is 18.0. The summed E-state index contributed by atoms with van der Waals surface area (Å²) in [5, 5.41) is 3.05. The Balaban J connectivity index is 0.00000312. The highest BCUT2D eigenvalue weighted by Gasteiger charge is 2.37. The zero-order valence-corrected chi connectivity index (χ0v) is 15.0. The molecule has 0 aromatic heterocycles. The van der Waals surface area contributed by atoms with E-state index in [0.29, 0.717) is 32.2 Å². The van der Waals surface area contributed by atoms with E-state index in [4.69, 9.17) is 0 Å². The van der Waals surface area contributed by atoms with Crippen molar-refractivity contribution in [3.05, 3.63) is 29.8 Å². The smallest absolute Gasteiger partial charge is 0.339 e. The van der Waals surface area contributed by atoms with Crippen LogP contribution in [0.3, 0.4) is 0 Å². The molecular formula is C14H19ClF3N3O3S. The number of carbonyl (C=O) groups is 1. The third-order valence-corrected chi connectivity index (χ3v) is 5.21. The van der Waals surface area contributed by atoms with Gasteiger partial charge in [0.2, 0.25) is 15.9 Å². The normalized spacial score (nSPS) is 16.9. The molecule has 1 aromatic carbocycles. The van der Waals surface area contributed by atoms with Gasteiger partial charge in [-0.05, 0) is 19.1 Å². The Morgan fingerprint density at radius 3 is 2.36 bits per heavy atom. The number of rotatable bonds is 4. The molecule has 1 saturated heterocycles. The third kappa shape index (κ3) is 5.30. The fourth-order valence-electron chi connectivity index (χ4n) is 2.44. The first-order valence-electron chi connectivity index (χ1n) is 7.31. The highest BCUT2D eigenvalue weighted by molar-refractivity contribution is 7.89. The van der Waals surface area contributed by atoms with E-state index < -0.39 is 38.6 Å². The molecule has 0 radical (unpaired) electrons. The first kappa shape index (κ1) is 21.7. The van der Waals surface area contributed by atoms with Gasteiger partial charge in [0, 0.05) is 26.2 Å². The maximum absolute atomic E-state index is 13.0. The number of carbonyl (C=O) groups excluding carboxylic acids is 1. The number of nitrogens with zero attached hydrogens (tertiary/aromatic N) is 1. The molecule has 0 saturated carbocycles. The van der Waals surface area contributed by atoms with Crippen LogP contribution in [0.1, 0.15) is 12.5 Å². The lowest BCUT2D eigenvalue weighted by Crippen LogP contribution is -2.53. The Hall–Kier alpha value is -1.36. The van der Waals surface area contributed by atoms with Gasteiger partial charge >= 0.3 is 6.18 Å². The minimum absolute atomic E-state index is 0. The van der Waals surface area contributed by atoms with Crippen molar-refractivity contribution in [1.82, 2.24) is 14.9 Å². The minimum atomic E-state index is -4.81. The number of alkyl halides is 3. The van der Waals surface area contributed by atoms with Crippen molar-refractivity contribution in [1.29, 1.82) is 0 Å². The molecule has 6 nitrogen and oxygen atoms in total. The van der Waals surface area contributed by atoms with Crippen LogP contribution in [0.5, 0.6) is 0 Å². The topological polar surface area (TPSA) is 78.5 Å². The quantitative estimate of drug-likeness (QED) is 0.795. The number of hydrogen-bond donors (Lipinski definition) is 2. The molecule has 0 bridgehead atoms. The predicted molar refractivity (Wildman–Crippen MR) is 87.9 cm³/mol. The monoisotopic (exact) mass is 401 g/mol. The predicted octanol–water partition coefficient (Wildman–Crippen LogP) is 1.23. The highest BCUT2D eigenvalue weighted by Crippen LogP contribution is 2.33. The molecule has 2 rings (SSSR count). The summed E-state index contributed by atoms with van der Waals surface area (Å²) in [4.78, 5) is 12.8. The van der Waals surface area contributed by atoms with Crippen molar-refractivity contribution in [2.24, 2.45) is 0 Å². The minimum Gasteiger partial charge on any atom is -0.339 e. The second-order valence-corrected chi connectivity index (χ2v) is 7.09. The van der Waals surface area contributed by atoms with Gasteiger partial charge in [-0.3, -0.25) is 4.79 Å². The molecule has 25 heavy (non-hydrogen) atoms. The van der Waals surface area contributed by atoms with Crippen LogP contribution in [0.2, 0.25) is 0 Å². The van der Waals surface area contributed by atoms with Gasteiger partial charge in [-0.1, -0.05) is 12.1 Å². The summed E-state index contributed by atoms with van der Waals surface area (Å²) in [6.07, 6.45) is -4.81. The lowest BCUT2D eigenvalue weighted by atomic mass is 10.2. The Labute approximate surface area is 150 Å². The summed E-state index contributed by atoms with van der Waals surface area (Å²) in [5.41, 5.74) is -1.26. The lowest BCUT2D eigenvalue weighted by Gasteiger charge is -2.30. The van der Waals surface area contributed by atoms with E-state index >= 15 is 0 Å². The molecule has 1 atom stereocenters. The molecule has 1 aliphatic heterocycles. The van der Waals surface area contributed by atoms with Gasteiger partial charge in [0.05, 0.1) is 16.5 Å². The number of nitrogens with one attached hydrogen (secondary N) is 2. The molecule has 11 heteroatoms. The van der Waals surface area contributed by atoms with Gasteiger partial charge in [0.15, 0.2) is 0 Å². The molecular weight excluding hydrogens is 383 g/mol. The number of amides is 1. The summed E-state index contributed by atoms with van der Waals surface area (Å²) in [5.74, 6) is -0.468. The first-order valence-corrected chi connectivity index (χ1v) is 8.79. The molecule has 1 fully saturated rings. The fraction of sp³-hybridized carbons (Fsp3) is 0.500. The average molecular weight is 402 g/mol. The van der Waals surface area contributed by atoms with Crippen molar-refractivity contribution >= 4 is 28.3 Å². The molecule has 1 amide bonds. The standard InChI is InChI=1S/C14H18F3N3O3S.ClH/c1-10(13(21)20-8-6-18-7-9-20)19-24(22,23)12-5-3-2-4-11(12)14(15,16)17;/h2-5,10,18-19H,6-9H2,1H3;1H. The van der Waals surface area contributed by atoms with Crippen LogP contribution in [-0.4, -0.2) is 51.4 Å². The van der Waals surface area contributed by atoms with Crippen LogP contribution in [0.25, 0.3) is 0 Å². The van der Waals surface area contributed by atoms with Crippen LogP contribution in [-0.2, 0) is 21.0 Å². The molecule has 1 aliphatic rings. The van der Waals surface area contributed by atoms with Gasteiger partial charge < -0.3 is 10.2 Å². The molecule has 2 N–H and O–H groups in total. The molecule has 0 aliphatic carbocycles. The van der Waals surface area contributed by atoms with Crippen LogP contribution < -0.4 is 10.0 Å². The third-order valence-electron chi connectivity index (χ3n) is 3.61. The Morgan fingerprint density at radius 2 is 1.80 bits per heavy atom. The Kier molecular flexibility index (Phi) is 7.24. The number of benzene rings is 1. The van der Waals surface area contributed by atoms with Crippen LogP contribution in [0.15, 0.2) is 29.2 Å². The van der Waals surface area contributed by atoms with E-state index in [-0.39, 0.29) is 12.4 Å². The molecule has 0 spiro atoms. The number of piperazine rings is 1. The largest absolute Gasteiger partial charge is 0.417 e. The van der Waals surface area contributed by atoms with Gasteiger partial charge in [0.1, 0.15) is 0 Å². The van der Waals surface area contributed by atoms with Crippen LogP contribution >= 0.6 is 12.4 Å². The van der Waals surface area contributed by atoms with Crippen LogP contribution in [0.4, 0.5) is 13.2 Å². The maximum Gasteiger partial charge on any atom is 0.417 e. The Morgan fingerprint density at radius 1 is 1.24 bits per heavy atom. The van der Waals surface area contributed by atoms with E-state index in [0.717, 1.165) is 12.1 Å². The number of hydrogen-bond acceptors (Lipinski definition) is 4. The second kappa shape index (κ2) is 8.35. The highest BCUT2D eigenvalue weighted by atomic mass is 35.5. The first-order chi connectivity index (χ1) is 11.1. The summed E-state index contributed by atoms with van der Waals surface area (Å²) in [6, 6.07) is 2.71. The summed E-state index contributed by atoms with van der Waals surface area (Å²) < 4.78 is 65.6. The molecule has 1 heterocycles. The van der Waals surface area contributed by atoms with Crippen molar-refractivity contribution < 1.29 is 26.4 Å². The average Bonchev–Trinajstić information content (AvgIpc) is 2.53. The van der Waals surface area contributed by atoms with Gasteiger partial charge in [-0.25, -0.2) is 8.42 Å². The van der Waals surface area contributed by atoms with E-state index in [1.807, 2.05) is 4.72 Å². The van der Waals surface area contributed by atoms with Crippen LogP contribution in [0, 0.1) is 0 Å². The molecule has 1 aromatic rings. The second-order valence-electron chi connectivity index (χ2n) is 5.41. The SMILES string of the molecule is CC(NS(=O)(=O)c1ccccc1C(F)(F)F)C(=O)N1CCNCC1.Cl. The number of sulfonamides is 1. The van der Waals surface area contributed by atoms with E-state index in [2.05, 4.69) is 5.32 Å². The zero-order valence-electron chi connectivity index (χ0n) is 13.3. The van der Waals surface area contributed by atoms with Crippen molar-refractivity contribution in [3.63, 3.8) is 0 Å². The number of halogens is 4. The lowest BCUT2D eigenvalue weighted by molar-refractivity contribution is -0.139. The molecule has 1 unspecified atom stereocenters. The van der Waals surface area contributed by atoms with Gasteiger partial charge in [0.25, 0.3) is 0 Å². The van der Waals surface area contributed by atoms with Crippen molar-refractivity contribution in [2.75, 3.05) is 26.2 Å². The maximum atomic E-state index is 13.0. The fourth-order valence-corrected chi connectivity index (χ4v) is 3.87. The molecule has 142 valence electrons. The van der Waals surface area contributed by atoms with Crippen molar-refractivity contribution in [3.8, 4) is 0 Å². The van der Waals surface area contributed by atoms with Gasteiger partial charge in [-0.15, -0.1) is 12.4 Å². The summed E-state index contributed by atoms with van der Waals surface area (Å²) in [6.45, 7) is 3.33.